The molecule has 0 spiro atoms. The fraction of sp³-hybridized carbons (Fsp3) is 0.133. The molecule has 0 heterocycles. The van der Waals surface area contributed by atoms with Crippen LogP contribution >= 0.6 is 0 Å². The number of hydrogen-bond acceptors (Lipinski definition) is 2. The van der Waals surface area contributed by atoms with Gasteiger partial charge in [0.2, 0.25) is 0 Å². The van der Waals surface area contributed by atoms with Gasteiger partial charge in [0.25, 0.3) is 0 Å². The number of benzene rings is 2. The van der Waals surface area contributed by atoms with Gasteiger partial charge >= 0.3 is 0 Å². The maximum Gasteiger partial charge on any atom is 0.194 e. The van der Waals surface area contributed by atoms with Crippen molar-refractivity contribution in [1.29, 1.82) is 0 Å². The van der Waals surface area contributed by atoms with Gasteiger partial charge in [0.05, 0.1) is 6.61 Å². The molecule has 17 heavy (non-hydrogen) atoms. The van der Waals surface area contributed by atoms with Crippen LogP contribution in [-0.4, -0.2) is 10.9 Å². The SMILES string of the molecule is Cc1ccc2c(c1)-c1ccc(CO)cc1C2=O. The third-order valence-electron chi connectivity index (χ3n) is 3.22. The van der Waals surface area contributed by atoms with Gasteiger partial charge in [-0.1, -0.05) is 35.9 Å². The van der Waals surface area contributed by atoms with Crippen LogP contribution in [0.4, 0.5) is 0 Å². The zero-order valence-corrected chi connectivity index (χ0v) is 9.53. The highest BCUT2D eigenvalue weighted by molar-refractivity contribution is 6.21. The van der Waals surface area contributed by atoms with Crippen molar-refractivity contribution in [3.63, 3.8) is 0 Å². The van der Waals surface area contributed by atoms with E-state index >= 15 is 0 Å². The first-order valence-electron chi connectivity index (χ1n) is 5.60. The number of rotatable bonds is 1. The fourth-order valence-electron chi connectivity index (χ4n) is 2.34. The zero-order chi connectivity index (χ0) is 12.0. The summed E-state index contributed by atoms with van der Waals surface area (Å²) in [6.07, 6.45) is 0. The molecule has 2 heteroatoms. The molecule has 3 rings (SSSR count). The first-order valence-corrected chi connectivity index (χ1v) is 5.60. The molecule has 2 aromatic rings. The minimum absolute atomic E-state index is 0.0318. The number of aliphatic hydroxyl groups is 1. The number of aryl methyl sites for hydroxylation is 1. The number of aliphatic hydroxyl groups excluding tert-OH is 1. The molecule has 0 unspecified atom stereocenters. The Hall–Kier alpha value is -1.93. The van der Waals surface area contributed by atoms with Gasteiger partial charge in [-0.3, -0.25) is 4.79 Å². The molecule has 0 aliphatic heterocycles. The van der Waals surface area contributed by atoms with Gasteiger partial charge in [0.15, 0.2) is 5.78 Å². The lowest BCUT2D eigenvalue weighted by molar-refractivity contribution is 0.104. The summed E-state index contributed by atoms with van der Waals surface area (Å²) in [5.74, 6) is 0.0605. The molecule has 0 fully saturated rings. The summed E-state index contributed by atoms with van der Waals surface area (Å²) in [6.45, 7) is 1.99. The highest BCUT2D eigenvalue weighted by Gasteiger charge is 2.26. The highest BCUT2D eigenvalue weighted by Crippen LogP contribution is 2.37. The van der Waals surface area contributed by atoms with Gasteiger partial charge in [-0.05, 0) is 29.7 Å². The third-order valence-corrected chi connectivity index (χ3v) is 3.22. The smallest absolute Gasteiger partial charge is 0.194 e. The van der Waals surface area contributed by atoms with Crippen molar-refractivity contribution in [2.75, 3.05) is 0 Å². The van der Waals surface area contributed by atoms with Crippen LogP contribution in [0.5, 0.6) is 0 Å². The van der Waals surface area contributed by atoms with Gasteiger partial charge in [-0.25, -0.2) is 0 Å². The van der Waals surface area contributed by atoms with E-state index in [1.807, 2.05) is 37.3 Å². The number of carbonyl (C=O) groups excluding carboxylic acids is 1. The Balaban J connectivity index is 2.28. The van der Waals surface area contributed by atoms with E-state index in [2.05, 4.69) is 0 Å². The summed E-state index contributed by atoms with van der Waals surface area (Å²) in [5, 5.41) is 9.10. The quantitative estimate of drug-likeness (QED) is 0.690. The predicted octanol–water partition coefficient (Wildman–Crippen LogP) is 2.70. The average molecular weight is 224 g/mol. The van der Waals surface area contributed by atoms with Crippen LogP contribution in [0, 0.1) is 6.92 Å². The average Bonchev–Trinajstić information content (AvgIpc) is 2.62. The Morgan fingerprint density at radius 3 is 2.47 bits per heavy atom. The van der Waals surface area contributed by atoms with Crippen molar-refractivity contribution in [3.05, 3.63) is 58.7 Å². The Bertz CT molecular complexity index is 627. The summed E-state index contributed by atoms with van der Waals surface area (Å²) < 4.78 is 0. The van der Waals surface area contributed by atoms with Crippen molar-refractivity contribution in [3.8, 4) is 11.1 Å². The zero-order valence-electron chi connectivity index (χ0n) is 9.53. The first-order chi connectivity index (χ1) is 8.20. The summed E-state index contributed by atoms with van der Waals surface area (Å²) in [6, 6.07) is 11.4. The fourth-order valence-corrected chi connectivity index (χ4v) is 2.34. The monoisotopic (exact) mass is 224 g/mol. The molecule has 0 radical (unpaired) electrons. The van der Waals surface area contributed by atoms with Crippen LogP contribution in [0.1, 0.15) is 27.0 Å². The molecule has 0 aromatic heterocycles. The van der Waals surface area contributed by atoms with E-state index in [4.69, 9.17) is 5.11 Å². The lowest BCUT2D eigenvalue weighted by atomic mass is 10.0. The first kappa shape index (κ1) is 10.2. The Labute approximate surface area is 99.5 Å². The molecule has 0 saturated carbocycles. The minimum Gasteiger partial charge on any atom is -0.392 e. The number of ketones is 1. The second-order valence-electron chi connectivity index (χ2n) is 4.42. The minimum atomic E-state index is -0.0318. The largest absolute Gasteiger partial charge is 0.392 e. The molecule has 0 atom stereocenters. The molecule has 0 bridgehead atoms. The summed E-state index contributed by atoms with van der Waals surface area (Å²) in [4.78, 5) is 12.2. The van der Waals surface area contributed by atoms with E-state index < -0.39 is 0 Å². The standard InChI is InChI=1S/C15H12O2/c1-9-2-4-12-13(6-9)11-5-3-10(8-16)7-14(11)15(12)17/h2-7,16H,8H2,1H3. The van der Waals surface area contributed by atoms with E-state index in [1.165, 1.54) is 0 Å². The van der Waals surface area contributed by atoms with Crippen LogP contribution in [0.25, 0.3) is 11.1 Å². The second-order valence-corrected chi connectivity index (χ2v) is 4.42. The van der Waals surface area contributed by atoms with E-state index in [0.717, 1.165) is 27.8 Å². The van der Waals surface area contributed by atoms with Gasteiger partial charge in [0, 0.05) is 11.1 Å². The summed E-state index contributed by atoms with van der Waals surface area (Å²) >= 11 is 0. The van der Waals surface area contributed by atoms with Crippen molar-refractivity contribution in [2.45, 2.75) is 13.5 Å². The van der Waals surface area contributed by atoms with E-state index in [9.17, 15) is 4.79 Å². The maximum atomic E-state index is 12.2. The summed E-state index contributed by atoms with van der Waals surface area (Å²) in [5.41, 5.74) is 5.38. The molecule has 1 aliphatic rings. The van der Waals surface area contributed by atoms with E-state index in [1.54, 1.807) is 6.07 Å². The molecule has 2 nitrogen and oxygen atoms in total. The maximum absolute atomic E-state index is 12.2. The van der Waals surface area contributed by atoms with Crippen LogP contribution in [0.3, 0.4) is 0 Å². The third kappa shape index (κ3) is 1.41. The van der Waals surface area contributed by atoms with Gasteiger partial charge < -0.3 is 5.11 Å². The predicted molar refractivity (Wildman–Crippen MR) is 66.0 cm³/mol. The number of hydrogen-bond donors (Lipinski definition) is 1. The second kappa shape index (κ2) is 3.54. The molecule has 0 amide bonds. The van der Waals surface area contributed by atoms with Crippen LogP contribution in [0.2, 0.25) is 0 Å². The van der Waals surface area contributed by atoms with Gasteiger partial charge in [-0.2, -0.15) is 0 Å². The summed E-state index contributed by atoms with van der Waals surface area (Å²) in [7, 11) is 0. The molecule has 2 aromatic carbocycles. The van der Waals surface area contributed by atoms with Crippen LogP contribution < -0.4 is 0 Å². The highest BCUT2D eigenvalue weighted by atomic mass is 16.3. The van der Waals surface area contributed by atoms with Crippen molar-refractivity contribution < 1.29 is 9.90 Å². The Morgan fingerprint density at radius 2 is 1.71 bits per heavy atom. The van der Waals surface area contributed by atoms with Crippen LogP contribution in [-0.2, 0) is 6.61 Å². The lowest BCUT2D eigenvalue weighted by Crippen LogP contribution is -1.96. The Kier molecular flexibility index (Phi) is 2.13. The van der Waals surface area contributed by atoms with Crippen molar-refractivity contribution in [1.82, 2.24) is 0 Å². The van der Waals surface area contributed by atoms with E-state index in [-0.39, 0.29) is 12.4 Å². The molecule has 0 saturated heterocycles. The molecule has 1 N–H and O–H groups in total. The van der Waals surface area contributed by atoms with Crippen LogP contribution in [0.15, 0.2) is 36.4 Å². The van der Waals surface area contributed by atoms with E-state index in [0.29, 0.717) is 5.56 Å². The molecule has 84 valence electrons. The topological polar surface area (TPSA) is 37.3 Å². The number of fused-ring (bicyclic) bond motifs is 3. The number of carbonyl (C=O) groups is 1. The molecular weight excluding hydrogens is 212 g/mol. The lowest BCUT2D eigenvalue weighted by Gasteiger charge is -2.02. The van der Waals surface area contributed by atoms with Gasteiger partial charge in [0.1, 0.15) is 0 Å². The Morgan fingerprint density at radius 1 is 0.941 bits per heavy atom. The molecule has 1 aliphatic carbocycles. The van der Waals surface area contributed by atoms with Crippen molar-refractivity contribution in [2.24, 2.45) is 0 Å². The van der Waals surface area contributed by atoms with Crippen molar-refractivity contribution >= 4 is 5.78 Å². The normalized spacial score (nSPS) is 12.5. The van der Waals surface area contributed by atoms with Gasteiger partial charge in [-0.15, -0.1) is 0 Å². The molecular formula is C15H12O2.